The molecule has 1 aromatic carbocycles. The highest BCUT2D eigenvalue weighted by molar-refractivity contribution is 7.63. The highest BCUT2D eigenvalue weighted by atomic mass is 31.2. The van der Waals surface area contributed by atoms with Crippen LogP contribution in [-0.2, 0) is 9.85 Å². The quantitative estimate of drug-likeness (QED) is 0.800. The van der Waals surface area contributed by atoms with Gasteiger partial charge in [0.2, 0.25) is 0 Å². The molecule has 88 valence electrons. The first-order valence-electron chi connectivity index (χ1n) is 5.92. The largest absolute Gasteiger partial charge is 0.322 e. The molecule has 0 radical (unpaired) electrons. The molecule has 1 aromatic rings. The third kappa shape index (κ3) is 1.97. The van der Waals surface area contributed by atoms with Gasteiger partial charge in [-0.2, -0.15) is 0 Å². The van der Waals surface area contributed by atoms with Gasteiger partial charge < -0.3 is 9.88 Å². The van der Waals surface area contributed by atoms with Crippen LogP contribution in [-0.4, -0.2) is 19.9 Å². The monoisotopic (exact) mass is 237 g/mol. The van der Waals surface area contributed by atoms with Crippen molar-refractivity contribution in [1.82, 2.24) is 5.32 Å². The lowest BCUT2D eigenvalue weighted by atomic mass is 9.97. The highest BCUT2D eigenvalue weighted by Gasteiger charge is 2.43. The number of benzene rings is 1. The van der Waals surface area contributed by atoms with Gasteiger partial charge in [0.15, 0.2) is 0 Å². The zero-order valence-corrected chi connectivity index (χ0v) is 11.0. The van der Waals surface area contributed by atoms with Gasteiger partial charge in [-0.05, 0) is 44.7 Å². The molecule has 1 atom stereocenters. The second-order valence-corrected chi connectivity index (χ2v) is 8.43. The zero-order chi connectivity index (χ0) is 11.6. The van der Waals surface area contributed by atoms with Crippen LogP contribution in [0.5, 0.6) is 0 Å². The van der Waals surface area contributed by atoms with Crippen LogP contribution in [0.4, 0.5) is 0 Å². The molecule has 1 N–H and O–H groups in total. The first-order chi connectivity index (χ1) is 7.56. The standard InChI is InChI=1S/C13H20NOP/c1-16(2,15)13(10-6-7-11-14-13)12-8-4-3-5-9-12/h3-5,8-9,14H,6-7,10-11H2,1-2H3. The third-order valence-corrected chi connectivity index (χ3v) is 6.03. The molecule has 16 heavy (non-hydrogen) atoms. The predicted molar refractivity (Wildman–Crippen MR) is 69.4 cm³/mol. The normalized spacial score (nSPS) is 26.6. The van der Waals surface area contributed by atoms with Crippen molar-refractivity contribution < 1.29 is 4.57 Å². The number of hydrogen-bond acceptors (Lipinski definition) is 2. The minimum absolute atomic E-state index is 0.285. The van der Waals surface area contributed by atoms with Gasteiger partial charge in [-0.25, -0.2) is 0 Å². The first-order valence-corrected chi connectivity index (χ1v) is 8.52. The molecule has 0 aromatic heterocycles. The van der Waals surface area contributed by atoms with E-state index in [-0.39, 0.29) is 5.28 Å². The fraction of sp³-hybridized carbons (Fsp3) is 0.538. The van der Waals surface area contributed by atoms with E-state index in [1.807, 2.05) is 31.5 Å². The van der Waals surface area contributed by atoms with Crippen LogP contribution in [0.3, 0.4) is 0 Å². The maximum atomic E-state index is 12.6. The van der Waals surface area contributed by atoms with Gasteiger partial charge in [0.05, 0.1) is 5.28 Å². The van der Waals surface area contributed by atoms with Gasteiger partial charge in [-0.1, -0.05) is 30.3 Å². The van der Waals surface area contributed by atoms with Gasteiger partial charge in [-0.3, -0.25) is 0 Å². The van der Waals surface area contributed by atoms with Gasteiger partial charge in [-0.15, -0.1) is 0 Å². The predicted octanol–water partition coefficient (Wildman–Crippen LogP) is 3.24. The van der Waals surface area contributed by atoms with E-state index >= 15 is 0 Å². The van der Waals surface area contributed by atoms with Crippen LogP contribution >= 0.6 is 7.14 Å². The Balaban J connectivity index is 2.47. The van der Waals surface area contributed by atoms with Crippen molar-refractivity contribution in [2.24, 2.45) is 0 Å². The van der Waals surface area contributed by atoms with Crippen LogP contribution < -0.4 is 5.32 Å². The van der Waals surface area contributed by atoms with E-state index in [1.165, 1.54) is 12.0 Å². The van der Waals surface area contributed by atoms with Crippen LogP contribution in [0.15, 0.2) is 30.3 Å². The highest BCUT2D eigenvalue weighted by Crippen LogP contribution is 2.59. The van der Waals surface area contributed by atoms with Crippen molar-refractivity contribution in [3.8, 4) is 0 Å². The summed E-state index contributed by atoms with van der Waals surface area (Å²) in [5, 5.41) is 3.24. The molecular weight excluding hydrogens is 217 g/mol. The summed E-state index contributed by atoms with van der Waals surface area (Å²) in [4.78, 5) is 0. The molecule has 3 heteroatoms. The first kappa shape index (κ1) is 11.9. The fourth-order valence-corrected chi connectivity index (χ4v) is 4.58. The number of rotatable bonds is 2. The maximum absolute atomic E-state index is 12.6. The second-order valence-electron chi connectivity index (χ2n) is 4.96. The van der Waals surface area contributed by atoms with Gasteiger partial charge in [0.1, 0.15) is 7.14 Å². The molecule has 1 aliphatic heterocycles. The minimum Gasteiger partial charge on any atom is -0.322 e. The maximum Gasteiger partial charge on any atom is 0.105 e. The molecule has 0 bridgehead atoms. The van der Waals surface area contributed by atoms with Crippen molar-refractivity contribution in [3.63, 3.8) is 0 Å². The molecule has 1 aliphatic rings. The van der Waals surface area contributed by atoms with E-state index in [1.54, 1.807) is 0 Å². The smallest absolute Gasteiger partial charge is 0.105 e. The minimum atomic E-state index is -2.21. The lowest BCUT2D eigenvalue weighted by molar-refractivity contribution is 0.350. The van der Waals surface area contributed by atoms with Crippen LogP contribution in [0, 0.1) is 0 Å². The Morgan fingerprint density at radius 1 is 1.19 bits per heavy atom. The Morgan fingerprint density at radius 3 is 2.38 bits per heavy atom. The Morgan fingerprint density at radius 2 is 1.88 bits per heavy atom. The van der Waals surface area contributed by atoms with Crippen molar-refractivity contribution in [2.45, 2.75) is 24.5 Å². The van der Waals surface area contributed by atoms with E-state index in [0.29, 0.717) is 0 Å². The van der Waals surface area contributed by atoms with Gasteiger partial charge >= 0.3 is 0 Å². The van der Waals surface area contributed by atoms with E-state index in [9.17, 15) is 4.57 Å². The molecule has 1 fully saturated rings. The summed E-state index contributed by atoms with van der Waals surface area (Å²) in [6.45, 7) is 4.78. The van der Waals surface area contributed by atoms with E-state index in [2.05, 4.69) is 17.4 Å². The molecule has 2 rings (SSSR count). The fourth-order valence-electron chi connectivity index (χ4n) is 2.62. The van der Waals surface area contributed by atoms with E-state index in [0.717, 1.165) is 19.4 Å². The van der Waals surface area contributed by atoms with Crippen molar-refractivity contribution in [1.29, 1.82) is 0 Å². The number of piperidine rings is 1. The SMILES string of the molecule is CP(C)(=O)C1(c2ccccc2)CCCCN1. The average Bonchev–Trinajstić information content (AvgIpc) is 2.30. The molecular formula is C13H20NOP. The molecule has 0 spiro atoms. The average molecular weight is 237 g/mol. The molecule has 0 amide bonds. The molecule has 0 aliphatic carbocycles. The number of nitrogens with one attached hydrogen (secondary N) is 1. The summed E-state index contributed by atoms with van der Waals surface area (Å²) < 4.78 is 12.6. The zero-order valence-electron chi connectivity index (χ0n) is 10.1. The summed E-state index contributed by atoms with van der Waals surface area (Å²) in [6.07, 6.45) is 3.34. The van der Waals surface area contributed by atoms with Crippen LogP contribution in [0.2, 0.25) is 0 Å². The van der Waals surface area contributed by atoms with E-state index in [4.69, 9.17) is 0 Å². The third-order valence-electron chi connectivity index (χ3n) is 3.55. The van der Waals surface area contributed by atoms with Gasteiger partial charge in [0, 0.05) is 0 Å². The summed E-state index contributed by atoms with van der Waals surface area (Å²) >= 11 is 0. The summed E-state index contributed by atoms with van der Waals surface area (Å²) in [7, 11) is -2.21. The van der Waals surface area contributed by atoms with Crippen molar-refractivity contribution in [3.05, 3.63) is 35.9 Å². The molecule has 1 unspecified atom stereocenters. The lowest BCUT2D eigenvalue weighted by Crippen LogP contribution is -2.45. The lowest BCUT2D eigenvalue weighted by Gasteiger charge is -2.42. The number of hydrogen-bond donors (Lipinski definition) is 1. The molecule has 1 heterocycles. The van der Waals surface area contributed by atoms with Crippen LogP contribution in [0.1, 0.15) is 24.8 Å². The summed E-state index contributed by atoms with van der Waals surface area (Å²) in [6, 6.07) is 10.3. The topological polar surface area (TPSA) is 29.1 Å². The molecule has 1 saturated heterocycles. The Bertz CT molecular complexity index is 390. The van der Waals surface area contributed by atoms with E-state index < -0.39 is 7.14 Å². The van der Waals surface area contributed by atoms with Crippen molar-refractivity contribution >= 4 is 7.14 Å². The molecule has 0 saturated carbocycles. The second kappa shape index (κ2) is 4.35. The van der Waals surface area contributed by atoms with Crippen molar-refractivity contribution in [2.75, 3.05) is 19.9 Å². The molecule has 2 nitrogen and oxygen atoms in total. The summed E-state index contributed by atoms with van der Waals surface area (Å²) in [5.41, 5.74) is 1.18. The Hall–Kier alpha value is -0.590. The Labute approximate surface area is 97.8 Å². The summed E-state index contributed by atoms with van der Waals surface area (Å²) in [5.74, 6) is 0. The van der Waals surface area contributed by atoms with Crippen LogP contribution in [0.25, 0.3) is 0 Å². The Kier molecular flexibility index (Phi) is 3.23. The van der Waals surface area contributed by atoms with Gasteiger partial charge in [0.25, 0.3) is 0 Å².